The van der Waals surface area contributed by atoms with E-state index in [1.165, 1.54) is 18.4 Å². The summed E-state index contributed by atoms with van der Waals surface area (Å²) in [6, 6.07) is 4.57. The molecule has 0 heterocycles. The number of ether oxygens (including phenoxy) is 1. The van der Waals surface area contributed by atoms with Crippen LogP contribution in [-0.4, -0.2) is 26.0 Å². The molecule has 0 N–H and O–H groups in total. The molecule has 1 aliphatic rings. The Morgan fingerprint density at radius 2 is 2.10 bits per heavy atom. The number of rotatable bonds is 4. The molecule has 2 unspecified atom stereocenters. The molecule has 0 aliphatic heterocycles. The molecular weight excluding hydrogens is 347 g/mol. The zero-order valence-corrected chi connectivity index (χ0v) is 13.7. The predicted octanol–water partition coefficient (Wildman–Crippen LogP) is 3.46. The lowest BCUT2D eigenvalue weighted by atomic mass is 9.97. The lowest BCUT2D eigenvalue weighted by Gasteiger charge is -2.28. The van der Waals surface area contributed by atoms with Gasteiger partial charge in [0.15, 0.2) is 0 Å². The molecule has 0 amide bonds. The third-order valence-corrected chi connectivity index (χ3v) is 5.86. The van der Waals surface area contributed by atoms with E-state index in [9.17, 15) is 12.8 Å². The first-order chi connectivity index (χ1) is 9.38. The average molecular weight is 365 g/mol. The van der Waals surface area contributed by atoms with Crippen LogP contribution in [0.1, 0.15) is 31.2 Å². The van der Waals surface area contributed by atoms with Gasteiger partial charge in [0.05, 0.1) is 11.4 Å². The molecular formula is C14H18BrFO3S. The fourth-order valence-electron chi connectivity index (χ4n) is 2.56. The average Bonchev–Trinajstić information content (AvgIpc) is 2.37. The van der Waals surface area contributed by atoms with Gasteiger partial charge < -0.3 is 4.74 Å². The summed E-state index contributed by atoms with van der Waals surface area (Å²) in [6.45, 7) is 0. The molecule has 1 aliphatic carbocycles. The Morgan fingerprint density at radius 1 is 1.35 bits per heavy atom. The standard InChI is InChI=1S/C14H18BrFO3S/c1-20(17,18)14-4-2-3-12(8-14)19-13-6-10(9-15)5-11(16)7-13/h5-7,12,14H,2-4,8-9H2,1H3. The van der Waals surface area contributed by atoms with Crippen LogP contribution >= 0.6 is 15.9 Å². The lowest BCUT2D eigenvalue weighted by Crippen LogP contribution is -2.33. The van der Waals surface area contributed by atoms with Crippen molar-refractivity contribution in [2.45, 2.75) is 42.4 Å². The minimum atomic E-state index is -3.03. The van der Waals surface area contributed by atoms with E-state index in [4.69, 9.17) is 4.74 Å². The molecule has 0 spiro atoms. The molecule has 112 valence electrons. The molecule has 2 atom stereocenters. The zero-order chi connectivity index (χ0) is 14.8. The summed E-state index contributed by atoms with van der Waals surface area (Å²) in [5.74, 6) is 0.131. The van der Waals surface area contributed by atoms with Gasteiger partial charge in [0.1, 0.15) is 21.4 Å². The molecule has 1 aromatic carbocycles. The summed E-state index contributed by atoms with van der Waals surface area (Å²) >= 11 is 3.29. The highest BCUT2D eigenvalue weighted by Crippen LogP contribution is 2.28. The predicted molar refractivity (Wildman–Crippen MR) is 80.5 cm³/mol. The first kappa shape index (κ1) is 15.8. The van der Waals surface area contributed by atoms with E-state index in [0.29, 0.717) is 23.9 Å². The van der Waals surface area contributed by atoms with E-state index in [1.807, 2.05) is 0 Å². The van der Waals surface area contributed by atoms with Gasteiger partial charge in [0.2, 0.25) is 0 Å². The van der Waals surface area contributed by atoms with Gasteiger partial charge in [-0.05, 0) is 37.0 Å². The van der Waals surface area contributed by atoms with Crippen molar-refractivity contribution in [3.63, 3.8) is 0 Å². The van der Waals surface area contributed by atoms with Crippen LogP contribution < -0.4 is 4.74 Å². The maximum atomic E-state index is 13.4. The highest BCUT2D eigenvalue weighted by Gasteiger charge is 2.30. The van der Waals surface area contributed by atoms with Crippen molar-refractivity contribution in [1.29, 1.82) is 0 Å². The molecule has 20 heavy (non-hydrogen) atoms. The normalized spacial score (nSPS) is 23.6. The SMILES string of the molecule is CS(=O)(=O)C1CCCC(Oc2cc(F)cc(CBr)c2)C1. The molecule has 1 fully saturated rings. The minimum absolute atomic E-state index is 0.159. The Kier molecular flexibility index (Phi) is 5.07. The maximum absolute atomic E-state index is 13.4. The number of hydrogen-bond donors (Lipinski definition) is 0. The summed E-state index contributed by atoms with van der Waals surface area (Å²) in [5, 5.41) is 0.211. The first-order valence-electron chi connectivity index (χ1n) is 6.59. The molecule has 1 aromatic rings. The van der Waals surface area contributed by atoms with Gasteiger partial charge in [-0.3, -0.25) is 0 Å². The number of alkyl halides is 1. The third kappa shape index (κ3) is 4.19. The monoisotopic (exact) mass is 364 g/mol. The van der Waals surface area contributed by atoms with Crippen molar-refractivity contribution in [1.82, 2.24) is 0 Å². The van der Waals surface area contributed by atoms with Gasteiger partial charge in [-0.15, -0.1) is 0 Å². The Labute approximate surface area is 127 Å². The van der Waals surface area contributed by atoms with Gasteiger partial charge in [0, 0.05) is 24.1 Å². The smallest absolute Gasteiger partial charge is 0.150 e. The number of sulfone groups is 1. The second kappa shape index (κ2) is 6.43. The second-order valence-electron chi connectivity index (χ2n) is 5.29. The summed E-state index contributed by atoms with van der Waals surface area (Å²) in [5.41, 5.74) is 0.801. The van der Waals surface area contributed by atoms with E-state index >= 15 is 0 Å². The van der Waals surface area contributed by atoms with E-state index in [2.05, 4.69) is 15.9 Å². The van der Waals surface area contributed by atoms with Crippen LogP contribution in [0.5, 0.6) is 5.75 Å². The fraction of sp³-hybridized carbons (Fsp3) is 0.571. The fourth-order valence-corrected chi connectivity index (χ4v) is 4.04. The first-order valence-corrected chi connectivity index (χ1v) is 9.67. The van der Waals surface area contributed by atoms with Gasteiger partial charge >= 0.3 is 0 Å². The van der Waals surface area contributed by atoms with E-state index in [1.54, 1.807) is 6.07 Å². The number of halogens is 2. The molecule has 0 aromatic heterocycles. The van der Waals surface area contributed by atoms with Crippen molar-refractivity contribution in [2.24, 2.45) is 0 Å². The maximum Gasteiger partial charge on any atom is 0.150 e. The summed E-state index contributed by atoms with van der Waals surface area (Å²) in [4.78, 5) is 0. The van der Waals surface area contributed by atoms with Crippen molar-refractivity contribution >= 4 is 25.8 Å². The van der Waals surface area contributed by atoms with Crippen LogP contribution in [0, 0.1) is 5.82 Å². The quantitative estimate of drug-likeness (QED) is 0.768. The van der Waals surface area contributed by atoms with E-state index < -0.39 is 9.84 Å². The summed E-state index contributed by atoms with van der Waals surface area (Å²) in [7, 11) is -3.03. The van der Waals surface area contributed by atoms with Crippen LogP contribution in [0.15, 0.2) is 18.2 Å². The Balaban J connectivity index is 2.08. The van der Waals surface area contributed by atoms with Crippen molar-refractivity contribution in [2.75, 3.05) is 6.26 Å². The molecule has 3 nitrogen and oxygen atoms in total. The third-order valence-electron chi connectivity index (χ3n) is 3.57. The number of benzene rings is 1. The van der Waals surface area contributed by atoms with Crippen LogP contribution in [0.25, 0.3) is 0 Å². The molecule has 0 radical (unpaired) electrons. The highest BCUT2D eigenvalue weighted by atomic mass is 79.9. The Bertz CT molecular complexity index is 574. The van der Waals surface area contributed by atoms with Gasteiger partial charge in [-0.25, -0.2) is 12.8 Å². The van der Waals surface area contributed by atoms with Crippen LogP contribution in [0.4, 0.5) is 4.39 Å². The van der Waals surface area contributed by atoms with Crippen molar-refractivity contribution < 1.29 is 17.5 Å². The Morgan fingerprint density at radius 3 is 2.75 bits per heavy atom. The number of hydrogen-bond acceptors (Lipinski definition) is 3. The van der Waals surface area contributed by atoms with Gasteiger partial charge in [0.25, 0.3) is 0 Å². The Hall–Kier alpha value is -0.620. The van der Waals surface area contributed by atoms with Crippen molar-refractivity contribution in [3.8, 4) is 5.75 Å². The van der Waals surface area contributed by atoms with Crippen LogP contribution in [0.3, 0.4) is 0 Å². The van der Waals surface area contributed by atoms with E-state index in [0.717, 1.165) is 18.4 Å². The van der Waals surface area contributed by atoms with Gasteiger partial charge in [-0.2, -0.15) is 0 Å². The van der Waals surface area contributed by atoms with Crippen LogP contribution in [0.2, 0.25) is 0 Å². The summed E-state index contributed by atoms with van der Waals surface area (Å²) in [6.07, 6.45) is 3.92. The van der Waals surface area contributed by atoms with E-state index in [-0.39, 0.29) is 17.2 Å². The highest BCUT2D eigenvalue weighted by molar-refractivity contribution is 9.08. The zero-order valence-electron chi connectivity index (χ0n) is 11.3. The second-order valence-corrected chi connectivity index (χ2v) is 8.17. The molecule has 0 bridgehead atoms. The molecule has 6 heteroatoms. The van der Waals surface area contributed by atoms with Crippen molar-refractivity contribution in [3.05, 3.63) is 29.6 Å². The molecule has 2 rings (SSSR count). The van der Waals surface area contributed by atoms with Crippen LogP contribution in [-0.2, 0) is 15.2 Å². The van der Waals surface area contributed by atoms with Gasteiger partial charge in [-0.1, -0.05) is 15.9 Å². The summed E-state index contributed by atoms with van der Waals surface area (Å²) < 4.78 is 42.5. The lowest BCUT2D eigenvalue weighted by molar-refractivity contribution is 0.155. The topological polar surface area (TPSA) is 43.4 Å². The molecule has 0 saturated heterocycles. The minimum Gasteiger partial charge on any atom is -0.490 e. The largest absolute Gasteiger partial charge is 0.490 e. The molecule has 1 saturated carbocycles.